The second-order valence-corrected chi connectivity index (χ2v) is 8.92. The van der Waals surface area contributed by atoms with Crippen LogP contribution in [0.2, 0.25) is 5.02 Å². The van der Waals surface area contributed by atoms with E-state index >= 15 is 0 Å². The zero-order valence-electron chi connectivity index (χ0n) is 16.6. The highest BCUT2D eigenvalue weighted by Gasteiger charge is 2.45. The fraction of sp³-hybridized carbons (Fsp3) is 0.500. The number of hydrogen-bond donors (Lipinski definition) is 1. The van der Waals surface area contributed by atoms with Gasteiger partial charge in [0.2, 0.25) is 0 Å². The van der Waals surface area contributed by atoms with Crippen molar-refractivity contribution < 1.29 is 4.79 Å². The van der Waals surface area contributed by atoms with Gasteiger partial charge in [0.05, 0.1) is 6.04 Å². The normalized spacial score (nSPS) is 25.7. The quantitative estimate of drug-likeness (QED) is 0.814. The number of hydrogen-bond acceptors (Lipinski definition) is 4. The second kappa shape index (κ2) is 7.48. The maximum atomic E-state index is 13.2. The third-order valence-corrected chi connectivity index (χ3v) is 6.75. The van der Waals surface area contributed by atoms with Gasteiger partial charge in [0, 0.05) is 42.3 Å². The van der Waals surface area contributed by atoms with E-state index in [2.05, 4.69) is 37.4 Å². The Balaban J connectivity index is 1.22. The molecule has 2 saturated carbocycles. The Kier molecular flexibility index (Phi) is 4.82. The van der Waals surface area contributed by atoms with Crippen molar-refractivity contribution in [2.75, 3.05) is 18.0 Å². The first-order chi connectivity index (χ1) is 14.1. The van der Waals surface area contributed by atoms with Crippen molar-refractivity contribution >= 4 is 23.4 Å². The molecule has 6 nitrogen and oxygen atoms in total. The molecule has 2 heterocycles. The summed E-state index contributed by atoms with van der Waals surface area (Å²) in [7, 11) is 0. The minimum absolute atomic E-state index is 0.0941. The van der Waals surface area contributed by atoms with E-state index in [9.17, 15) is 4.79 Å². The molecule has 152 valence electrons. The molecule has 1 aromatic heterocycles. The first-order valence-electron chi connectivity index (χ1n) is 10.5. The average Bonchev–Trinajstić information content (AvgIpc) is 3.64. The molecule has 1 aromatic carbocycles. The number of nitrogens with zero attached hydrogens (tertiary/aromatic N) is 4. The first kappa shape index (κ1) is 18.7. The van der Waals surface area contributed by atoms with Crippen molar-refractivity contribution in [3.8, 4) is 0 Å². The van der Waals surface area contributed by atoms with Gasteiger partial charge < -0.3 is 15.1 Å². The van der Waals surface area contributed by atoms with Crippen LogP contribution in [0.15, 0.2) is 36.5 Å². The van der Waals surface area contributed by atoms with E-state index in [1.807, 2.05) is 25.1 Å². The molecular weight excluding hydrogens is 386 g/mol. The van der Waals surface area contributed by atoms with Crippen molar-refractivity contribution in [1.82, 2.24) is 20.4 Å². The molecule has 0 spiro atoms. The van der Waals surface area contributed by atoms with Crippen molar-refractivity contribution in [2.45, 2.75) is 56.7 Å². The number of aryl methyl sites for hydroxylation is 1. The van der Waals surface area contributed by atoms with Gasteiger partial charge in [-0.15, -0.1) is 5.10 Å². The monoisotopic (exact) mass is 411 g/mol. The standard InChI is InChI=1S/C22H26ClN5O/c1-14-11-15(4-7-19(14)23)18-12-20(18)25-22(29)28(16-5-6-16)17-8-10-27(13-17)21-3-2-9-24-26-21/h2-4,7,9,11,16-18,20H,5-6,8,10,12-13H2,1H3,(H,25,29)/t17-,18?,20?/m0/s1. The van der Waals surface area contributed by atoms with E-state index in [0.717, 1.165) is 55.2 Å². The van der Waals surface area contributed by atoms with Crippen molar-refractivity contribution in [3.05, 3.63) is 52.7 Å². The van der Waals surface area contributed by atoms with Gasteiger partial charge in [-0.3, -0.25) is 0 Å². The predicted octanol–water partition coefficient (Wildman–Crippen LogP) is 3.75. The van der Waals surface area contributed by atoms with Crippen LogP contribution in [0, 0.1) is 6.92 Å². The molecule has 29 heavy (non-hydrogen) atoms. The predicted molar refractivity (Wildman–Crippen MR) is 113 cm³/mol. The van der Waals surface area contributed by atoms with E-state index in [1.165, 1.54) is 5.56 Å². The van der Waals surface area contributed by atoms with E-state index in [-0.39, 0.29) is 18.1 Å². The van der Waals surface area contributed by atoms with Crippen LogP contribution in [0.1, 0.15) is 42.7 Å². The average molecular weight is 412 g/mol. The van der Waals surface area contributed by atoms with Crippen LogP contribution >= 0.6 is 11.6 Å². The Morgan fingerprint density at radius 2 is 2.10 bits per heavy atom. The minimum Gasteiger partial charge on any atom is -0.353 e. The number of nitrogens with one attached hydrogen (secondary N) is 1. The van der Waals surface area contributed by atoms with E-state index in [4.69, 9.17) is 11.6 Å². The largest absolute Gasteiger partial charge is 0.353 e. The Morgan fingerprint density at radius 1 is 1.24 bits per heavy atom. The molecule has 3 aliphatic rings. The lowest BCUT2D eigenvalue weighted by molar-refractivity contribution is 0.174. The van der Waals surface area contributed by atoms with Gasteiger partial charge in [-0.1, -0.05) is 23.7 Å². The van der Waals surface area contributed by atoms with E-state index in [1.54, 1.807) is 6.20 Å². The molecule has 3 fully saturated rings. The molecule has 2 unspecified atom stereocenters. The van der Waals surface area contributed by atoms with Crippen LogP contribution in [0.5, 0.6) is 0 Å². The minimum atomic E-state index is 0.0941. The molecule has 2 aromatic rings. The molecule has 7 heteroatoms. The molecule has 1 aliphatic heterocycles. The lowest BCUT2D eigenvalue weighted by Gasteiger charge is -2.29. The zero-order valence-corrected chi connectivity index (χ0v) is 17.3. The summed E-state index contributed by atoms with van der Waals surface area (Å²) in [4.78, 5) is 17.5. The number of urea groups is 1. The number of amides is 2. The SMILES string of the molecule is Cc1cc(C2CC2NC(=O)N(C2CC2)[C@H]2CCN(c3cccnn3)C2)ccc1Cl. The maximum Gasteiger partial charge on any atom is 0.318 e. The summed E-state index contributed by atoms with van der Waals surface area (Å²) in [5, 5.41) is 12.3. The summed E-state index contributed by atoms with van der Waals surface area (Å²) in [5.41, 5.74) is 2.36. The number of carbonyl (C=O) groups is 1. The molecule has 3 atom stereocenters. The van der Waals surface area contributed by atoms with E-state index in [0.29, 0.717) is 12.0 Å². The smallest absolute Gasteiger partial charge is 0.318 e. The summed E-state index contributed by atoms with van der Waals surface area (Å²) in [6.45, 7) is 3.77. The van der Waals surface area contributed by atoms with Gasteiger partial charge in [-0.25, -0.2) is 4.79 Å². The third kappa shape index (κ3) is 3.90. The van der Waals surface area contributed by atoms with Crippen LogP contribution in [-0.2, 0) is 0 Å². The molecule has 1 N–H and O–H groups in total. The number of carbonyl (C=O) groups excluding carboxylic acids is 1. The Bertz CT molecular complexity index is 903. The Morgan fingerprint density at radius 3 is 2.83 bits per heavy atom. The number of rotatable bonds is 5. The number of aromatic nitrogens is 2. The molecular formula is C22H26ClN5O. The zero-order chi connectivity index (χ0) is 20.0. The number of anilines is 1. The summed E-state index contributed by atoms with van der Waals surface area (Å²) < 4.78 is 0. The lowest BCUT2D eigenvalue weighted by atomic mass is 10.1. The van der Waals surface area contributed by atoms with Crippen LogP contribution in [-0.4, -0.2) is 52.3 Å². The van der Waals surface area contributed by atoms with Gasteiger partial charge in [0.1, 0.15) is 0 Å². The van der Waals surface area contributed by atoms with Crippen molar-refractivity contribution in [2.24, 2.45) is 0 Å². The molecule has 1 saturated heterocycles. The summed E-state index contributed by atoms with van der Waals surface area (Å²) in [6.07, 6.45) is 5.89. The van der Waals surface area contributed by atoms with Crippen molar-refractivity contribution in [1.29, 1.82) is 0 Å². The number of halogens is 1. The highest BCUT2D eigenvalue weighted by molar-refractivity contribution is 6.31. The van der Waals surface area contributed by atoms with E-state index < -0.39 is 0 Å². The van der Waals surface area contributed by atoms with Gasteiger partial charge in [-0.2, -0.15) is 5.10 Å². The number of benzene rings is 1. The lowest BCUT2D eigenvalue weighted by Crippen LogP contribution is -2.49. The molecule has 0 bridgehead atoms. The topological polar surface area (TPSA) is 61.4 Å². The highest BCUT2D eigenvalue weighted by Crippen LogP contribution is 2.42. The Hall–Kier alpha value is -2.34. The van der Waals surface area contributed by atoms with Crippen LogP contribution in [0.4, 0.5) is 10.6 Å². The first-order valence-corrected chi connectivity index (χ1v) is 10.9. The molecule has 5 rings (SSSR count). The van der Waals surface area contributed by atoms with Gasteiger partial charge in [0.25, 0.3) is 0 Å². The molecule has 2 aliphatic carbocycles. The molecule has 2 amide bonds. The van der Waals surface area contributed by atoms with Crippen LogP contribution in [0.25, 0.3) is 0 Å². The van der Waals surface area contributed by atoms with Gasteiger partial charge in [-0.05, 0) is 61.9 Å². The third-order valence-electron chi connectivity index (χ3n) is 6.32. The summed E-state index contributed by atoms with van der Waals surface area (Å²) in [6, 6.07) is 11.0. The molecule has 0 radical (unpaired) electrons. The van der Waals surface area contributed by atoms with Crippen molar-refractivity contribution in [3.63, 3.8) is 0 Å². The highest BCUT2D eigenvalue weighted by atomic mass is 35.5. The fourth-order valence-electron chi connectivity index (χ4n) is 4.48. The van der Waals surface area contributed by atoms with Gasteiger partial charge >= 0.3 is 6.03 Å². The fourth-order valence-corrected chi connectivity index (χ4v) is 4.59. The Labute approximate surface area is 176 Å². The van der Waals surface area contributed by atoms with Crippen LogP contribution in [0.3, 0.4) is 0 Å². The summed E-state index contributed by atoms with van der Waals surface area (Å²) >= 11 is 6.15. The summed E-state index contributed by atoms with van der Waals surface area (Å²) in [5.74, 6) is 1.29. The van der Waals surface area contributed by atoms with Gasteiger partial charge in [0.15, 0.2) is 5.82 Å². The van der Waals surface area contributed by atoms with Crippen LogP contribution < -0.4 is 10.2 Å². The second-order valence-electron chi connectivity index (χ2n) is 8.52. The maximum absolute atomic E-state index is 13.2.